The molecule has 3 amide bonds. The molecule has 2 unspecified atom stereocenters. The SMILES string of the molecule is O=C(CCN1C(=O)C2CCCCC2C1=O)Nc1cccc(Br)c1. The van der Waals surface area contributed by atoms with Crippen LogP contribution in [0.15, 0.2) is 28.7 Å². The van der Waals surface area contributed by atoms with Crippen molar-refractivity contribution in [3.8, 4) is 0 Å². The van der Waals surface area contributed by atoms with Crippen molar-refractivity contribution >= 4 is 39.3 Å². The lowest BCUT2D eigenvalue weighted by Crippen LogP contribution is -2.34. The summed E-state index contributed by atoms with van der Waals surface area (Å²) in [4.78, 5) is 38.0. The highest BCUT2D eigenvalue weighted by Gasteiger charge is 2.47. The summed E-state index contributed by atoms with van der Waals surface area (Å²) in [5.74, 6) is -0.669. The van der Waals surface area contributed by atoms with Gasteiger partial charge in [-0.2, -0.15) is 0 Å². The summed E-state index contributed by atoms with van der Waals surface area (Å²) in [6.45, 7) is 0.171. The van der Waals surface area contributed by atoms with Gasteiger partial charge in [-0.05, 0) is 31.0 Å². The summed E-state index contributed by atoms with van der Waals surface area (Å²) in [6, 6.07) is 7.30. The highest BCUT2D eigenvalue weighted by atomic mass is 79.9. The molecular formula is C17H19BrN2O3. The van der Waals surface area contributed by atoms with E-state index in [2.05, 4.69) is 21.2 Å². The van der Waals surface area contributed by atoms with E-state index in [4.69, 9.17) is 0 Å². The van der Waals surface area contributed by atoms with Gasteiger partial charge < -0.3 is 5.32 Å². The molecule has 23 heavy (non-hydrogen) atoms. The molecular weight excluding hydrogens is 360 g/mol. The second kappa shape index (κ2) is 6.83. The van der Waals surface area contributed by atoms with Crippen molar-refractivity contribution in [1.82, 2.24) is 4.90 Å². The van der Waals surface area contributed by atoms with Gasteiger partial charge in [-0.3, -0.25) is 19.3 Å². The van der Waals surface area contributed by atoms with E-state index >= 15 is 0 Å². The fraction of sp³-hybridized carbons (Fsp3) is 0.471. The first-order valence-corrected chi connectivity index (χ1v) is 8.76. The van der Waals surface area contributed by atoms with Gasteiger partial charge in [0.15, 0.2) is 0 Å². The predicted octanol–water partition coefficient (Wildman–Crippen LogP) is 2.95. The molecule has 3 rings (SSSR count). The van der Waals surface area contributed by atoms with Crippen molar-refractivity contribution in [3.63, 3.8) is 0 Å². The minimum atomic E-state index is -0.196. The van der Waals surface area contributed by atoms with Crippen LogP contribution in [-0.2, 0) is 14.4 Å². The van der Waals surface area contributed by atoms with E-state index in [-0.39, 0.29) is 42.5 Å². The van der Waals surface area contributed by atoms with E-state index in [0.717, 1.165) is 30.2 Å². The molecule has 1 aromatic rings. The van der Waals surface area contributed by atoms with Crippen LogP contribution in [0.2, 0.25) is 0 Å². The summed E-state index contributed by atoms with van der Waals surface area (Å²) in [5.41, 5.74) is 0.692. The topological polar surface area (TPSA) is 66.5 Å². The molecule has 0 radical (unpaired) electrons. The highest BCUT2D eigenvalue weighted by Crippen LogP contribution is 2.37. The first-order valence-electron chi connectivity index (χ1n) is 7.97. The van der Waals surface area contributed by atoms with E-state index in [1.165, 1.54) is 4.90 Å². The zero-order valence-electron chi connectivity index (χ0n) is 12.8. The molecule has 1 heterocycles. The maximum absolute atomic E-state index is 12.3. The Kier molecular flexibility index (Phi) is 4.80. The van der Waals surface area contributed by atoms with Crippen LogP contribution in [0.4, 0.5) is 5.69 Å². The van der Waals surface area contributed by atoms with Crippen molar-refractivity contribution in [2.24, 2.45) is 11.8 Å². The number of carbonyl (C=O) groups excluding carboxylic acids is 3. The minimum absolute atomic E-state index is 0.0880. The van der Waals surface area contributed by atoms with Gasteiger partial charge in [0.25, 0.3) is 0 Å². The van der Waals surface area contributed by atoms with Gasteiger partial charge in [-0.1, -0.05) is 34.8 Å². The Morgan fingerprint density at radius 2 is 1.83 bits per heavy atom. The van der Waals surface area contributed by atoms with Crippen molar-refractivity contribution < 1.29 is 14.4 Å². The number of halogens is 1. The van der Waals surface area contributed by atoms with Gasteiger partial charge in [0, 0.05) is 23.1 Å². The molecule has 1 N–H and O–H groups in total. The number of benzene rings is 1. The largest absolute Gasteiger partial charge is 0.326 e. The average molecular weight is 379 g/mol. The quantitative estimate of drug-likeness (QED) is 0.818. The summed E-state index contributed by atoms with van der Waals surface area (Å²) < 4.78 is 0.879. The van der Waals surface area contributed by atoms with Crippen molar-refractivity contribution in [3.05, 3.63) is 28.7 Å². The lowest BCUT2D eigenvalue weighted by atomic mass is 9.81. The number of imide groups is 1. The molecule has 1 aliphatic heterocycles. The minimum Gasteiger partial charge on any atom is -0.326 e. The van der Waals surface area contributed by atoms with Crippen LogP contribution in [0.1, 0.15) is 32.1 Å². The molecule has 2 atom stereocenters. The Morgan fingerprint density at radius 1 is 1.17 bits per heavy atom. The molecule has 0 spiro atoms. The zero-order valence-corrected chi connectivity index (χ0v) is 14.3. The summed E-state index contributed by atoms with van der Waals surface area (Å²) in [6.07, 6.45) is 3.75. The van der Waals surface area contributed by atoms with Crippen LogP contribution in [-0.4, -0.2) is 29.2 Å². The number of anilines is 1. The number of nitrogens with zero attached hydrogens (tertiary/aromatic N) is 1. The van der Waals surface area contributed by atoms with Gasteiger partial charge in [0.2, 0.25) is 17.7 Å². The van der Waals surface area contributed by atoms with Gasteiger partial charge in [-0.25, -0.2) is 0 Å². The van der Waals surface area contributed by atoms with Crippen LogP contribution in [0.3, 0.4) is 0 Å². The Bertz CT molecular complexity index is 622. The third-order valence-corrected chi connectivity index (χ3v) is 5.10. The van der Waals surface area contributed by atoms with Gasteiger partial charge >= 0.3 is 0 Å². The number of carbonyl (C=O) groups is 3. The summed E-state index contributed by atoms with van der Waals surface area (Å²) in [7, 11) is 0. The number of nitrogens with one attached hydrogen (secondary N) is 1. The molecule has 0 bridgehead atoms. The van der Waals surface area contributed by atoms with E-state index in [1.54, 1.807) is 12.1 Å². The third-order valence-electron chi connectivity index (χ3n) is 4.60. The maximum Gasteiger partial charge on any atom is 0.233 e. The molecule has 6 heteroatoms. The van der Waals surface area contributed by atoms with Gasteiger partial charge in [0.1, 0.15) is 0 Å². The van der Waals surface area contributed by atoms with Gasteiger partial charge in [-0.15, -0.1) is 0 Å². The Hall–Kier alpha value is -1.69. The zero-order chi connectivity index (χ0) is 16.4. The Morgan fingerprint density at radius 3 is 2.43 bits per heavy atom. The fourth-order valence-corrected chi connectivity index (χ4v) is 3.85. The Labute approximate surface area is 143 Å². The maximum atomic E-state index is 12.3. The van der Waals surface area contributed by atoms with E-state index in [9.17, 15) is 14.4 Å². The van der Waals surface area contributed by atoms with Gasteiger partial charge in [0.05, 0.1) is 11.8 Å². The summed E-state index contributed by atoms with van der Waals surface area (Å²) in [5, 5.41) is 2.78. The molecule has 1 aliphatic carbocycles. The second-order valence-electron chi connectivity index (χ2n) is 6.13. The highest BCUT2D eigenvalue weighted by molar-refractivity contribution is 9.10. The molecule has 2 fully saturated rings. The first kappa shape index (κ1) is 16.2. The second-order valence-corrected chi connectivity index (χ2v) is 7.05. The molecule has 1 saturated heterocycles. The molecule has 122 valence electrons. The Balaban J connectivity index is 1.56. The van der Waals surface area contributed by atoms with Crippen molar-refractivity contribution in [1.29, 1.82) is 0 Å². The van der Waals surface area contributed by atoms with Crippen LogP contribution >= 0.6 is 15.9 Å². The molecule has 5 nitrogen and oxygen atoms in total. The van der Waals surface area contributed by atoms with Crippen LogP contribution < -0.4 is 5.32 Å². The lowest BCUT2D eigenvalue weighted by Gasteiger charge is -2.19. The van der Waals surface area contributed by atoms with Crippen LogP contribution in [0.25, 0.3) is 0 Å². The molecule has 1 saturated carbocycles. The van der Waals surface area contributed by atoms with Crippen molar-refractivity contribution in [2.75, 3.05) is 11.9 Å². The molecule has 1 aromatic carbocycles. The monoisotopic (exact) mass is 378 g/mol. The number of rotatable bonds is 4. The number of fused-ring (bicyclic) bond motifs is 1. The number of hydrogen-bond acceptors (Lipinski definition) is 3. The number of hydrogen-bond donors (Lipinski definition) is 1. The third kappa shape index (κ3) is 3.47. The standard InChI is InChI=1S/C17H19BrN2O3/c18-11-4-3-5-12(10-11)19-15(21)8-9-20-16(22)13-6-1-2-7-14(13)17(20)23/h3-5,10,13-14H,1-2,6-9H2,(H,19,21). The van der Waals surface area contributed by atoms with E-state index < -0.39 is 0 Å². The molecule has 2 aliphatic rings. The van der Waals surface area contributed by atoms with Crippen LogP contribution in [0.5, 0.6) is 0 Å². The van der Waals surface area contributed by atoms with E-state index in [1.807, 2.05) is 12.1 Å². The lowest BCUT2D eigenvalue weighted by molar-refractivity contribution is -0.140. The van der Waals surface area contributed by atoms with Crippen molar-refractivity contribution in [2.45, 2.75) is 32.1 Å². The summed E-state index contributed by atoms with van der Waals surface area (Å²) >= 11 is 3.35. The fourth-order valence-electron chi connectivity index (χ4n) is 3.45. The number of likely N-dealkylation sites (tertiary alicyclic amines) is 1. The van der Waals surface area contributed by atoms with E-state index in [0.29, 0.717) is 5.69 Å². The average Bonchev–Trinajstić information content (AvgIpc) is 2.77. The normalized spacial score (nSPS) is 23.8. The molecule has 0 aromatic heterocycles. The predicted molar refractivity (Wildman–Crippen MR) is 89.6 cm³/mol. The van der Waals surface area contributed by atoms with Crippen LogP contribution in [0, 0.1) is 11.8 Å². The smallest absolute Gasteiger partial charge is 0.233 e. The number of amides is 3. The first-order chi connectivity index (χ1) is 11.1.